The Morgan fingerprint density at radius 1 is 1.44 bits per heavy atom. The summed E-state index contributed by atoms with van der Waals surface area (Å²) in [5.74, 6) is -1.47. The zero-order valence-corrected chi connectivity index (χ0v) is 7.05. The Kier molecular flexibility index (Phi) is 6.99. The van der Waals surface area contributed by atoms with Gasteiger partial charge in [0.25, 0.3) is 0 Å². The fourth-order valence-electron chi connectivity index (χ4n) is 0.168. The van der Waals surface area contributed by atoms with Crippen molar-refractivity contribution in [1.82, 2.24) is 0 Å². The Hall–Kier alpha value is -0.550. The van der Waals surface area contributed by atoms with Crippen LogP contribution in [0, 0.1) is 34.0 Å². The summed E-state index contributed by atoms with van der Waals surface area (Å²) in [6.07, 6.45) is 0. The van der Waals surface area contributed by atoms with E-state index in [4.69, 9.17) is 21.7 Å². The van der Waals surface area contributed by atoms with Gasteiger partial charge < -0.3 is 5.73 Å². The largest absolute Gasteiger partial charge is 0.386 e. The smallest absolute Gasteiger partial charge is 0.189 e. The Morgan fingerprint density at radius 2 is 1.78 bits per heavy atom. The Balaban J connectivity index is 0. The predicted molar refractivity (Wildman–Crippen MR) is 32.4 cm³/mol. The summed E-state index contributed by atoms with van der Waals surface area (Å²) >= 11 is 0. The Morgan fingerprint density at radius 3 is 1.78 bits per heavy atom. The van der Waals surface area contributed by atoms with E-state index in [1.165, 1.54) is 0 Å². The molecule has 0 aliphatic carbocycles. The molecule has 0 aromatic carbocycles. The molecule has 0 aromatic rings. The number of amidine groups is 1. The van der Waals surface area contributed by atoms with Crippen LogP contribution in [0.25, 0.3) is 0 Å². The number of nitrogens with one attached hydrogen (secondary N) is 1. The molecule has 0 amide bonds. The van der Waals surface area contributed by atoms with Gasteiger partial charge in [0.15, 0.2) is 5.92 Å². The molecule has 4 nitrogen and oxygen atoms in total. The van der Waals surface area contributed by atoms with Crippen molar-refractivity contribution in [3.8, 4) is 12.1 Å². The molecule has 0 fully saturated rings. The van der Waals surface area contributed by atoms with Crippen LogP contribution in [-0.2, 0) is 0 Å². The van der Waals surface area contributed by atoms with Crippen molar-refractivity contribution in [3.05, 3.63) is 0 Å². The molecule has 3 N–H and O–H groups in total. The fraction of sp³-hybridized carbons (Fsp3) is 0.250. The van der Waals surface area contributed by atoms with Crippen LogP contribution in [0.2, 0.25) is 0 Å². The van der Waals surface area contributed by atoms with Gasteiger partial charge in [0.2, 0.25) is 0 Å². The SMILES string of the molecule is N#CC(C#N)C(=N)N.[Na]. The third-order valence-corrected chi connectivity index (χ3v) is 0.569. The molecule has 0 heterocycles. The van der Waals surface area contributed by atoms with Crippen molar-refractivity contribution in [2.45, 2.75) is 0 Å². The summed E-state index contributed by atoms with van der Waals surface area (Å²) in [7, 11) is 0. The number of rotatable bonds is 1. The topological polar surface area (TPSA) is 97.5 Å². The van der Waals surface area contributed by atoms with Gasteiger partial charge in [-0.25, -0.2) is 0 Å². The molecule has 0 rings (SSSR count). The molecule has 0 bridgehead atoms. The molecule has 0 aliphatic heterocycles. The second kappa shape index (κ2) is 5.58. The van der Waals surface area contributed by atoms with Crippen molar-refractivity contribution in [2.24, 2.45) is 11.7 Å². The zero-order chi connectivity index (χ0) is 6.57. The van der Waals surface area contributed by atoms with Gasteiger partial charge >= 0.3 is 0 Å². The van der Waals surface area contributed by atoms with Crippen LogP contribution in [0.3, 0.4) is 0 Å². The van der Waals surface area contributed by atoms with Crippen LogP contribution in [-0.4, -0.2) is 35.4 Å². The van der Waals surface area contributed by atoms with Crippen molar-refractivity contribution >= 4 is 35.4 Å². The molecule has 0 spiro atoms. The molecule has 0 saturated carbocycles. The van der Waals surface area contributed by atoms with Gasteiger partial charge in [-0.2, -0.15) is 10.5 Å². The van der Waals surface area contributed by atoms with Gasteiger partial charge in [-0.15, -0.1) is 0 Å². The summed E-state index contributed by atoms with van der Waals surface area (Å²) in [5, 5.41) is 22.6. The minimum absolute atomic E-state index is 0. The Labute approximate surface area is 75.1 Å². The summed E-state index contributed by atoms with van der Waals surface area (Å²) < 4.78 is 0. The van der Waals surface area contributed by atoms with E-state index in [9.17, 15) is 0 Å². The minimum atomic E-state index is -1.07. The normalized spacial score (nSPS) is 6.56. The number of hydrogen-bond donors (Lipinski definition) is 2. The molecule has 0 atom stereocenters. The van der Waals surface area contributed by atoms with Gasteiger partial charge in [-0.3, -0.25) is 5.41 Å². The molecule has 9 heavy (non-hydrogen) atoms. The average Bonchev–Trinajstić information content (AvgIpc) is 1.69. The first-order chi connectivity index (χ1) is 3.72. The zero-order valence-electron chi connectivity index (χ0n) is 5.05. The van der Waals surface area contributed by atoms with Crippen LogP contribution in [0.4, 0.5) is 0 Å². The molecule has 41 valence electrons. The van der Waals surface area contributed by atoms with E-state index in [2.05, 4.69) is 0 Å². The van der Waals surface area contributed by atoms with Crippen molar-refractivity contribution in [3.63, 3.8) is 0 Å². The monoisotopic (exact) mass is 131 g/mol. The average molecular weight is 131 g/mol. The van der Waals surface area contributed by atoms with Gasteiger partial charge in [0, 0.05) is 29.6 Å². The molecule has 0 unspecified atom stereocenters. The second-order valence-electron chi connectivity index (χ2n) is 1.15. The first kappa shape index (κ1) is 11.3. The minimum Gasteiger partial charge on any atom is -0.386 e. The first-order valence-corrected chi connectivity index (χ1v) is 1.85. The third-order valence-electron chi connectivity index (χ3n) is 0.569. The molecule has 0 saturated heterocycles. The van der Waals surface area contributed by atoms with Crippen molar-refractivity contribution in [2.75, 3.05) is 0 Å². The fourth-order valence-corrected chi connectivity index (χ4v) is 0.168. The number of nitriles is 2. The van der Waals surface area contributed by atoms with Crippen LogP contribution in [0.1, 0.15) is 0 Å². The predicted octanol–water partition coefficient (Wildman–Crippen LogP) is -0.795. The maximum Gasteiger partial charge on any atom is 0.189 e. The number of nitrogens with zero attached hydrogens (tertiary/aromatic N) is 2. The third kappa shape index (κ3) is 3.99. The molecule has 0 aliphatic rings. The van der Waals surface area contributed by atoms with Crippen molar-refractivity contribution < 1.29 is 0 Å². The molecular weight excluding hydrogens is 127 g/mol. The van der Waals surface area contributed by atoms with Crippen LogP contribution < -0.4 is 5.73 Å². The van der Waals surface area contributed by atoms with Gasteiger partial charge in [0.05, 0.1) is 12.1 Å². The first-order valence-electron chi connectivity index (χ1n) is 1.85. The number of hydrogen-bond acceptors (Lipinski definition) is 3. The van der Waals surface area contributed by atoms with E-state index in [-0.39, 0.29) is 29.6 Å². The number of nitrogens with two attached hydrogens (primary N) is 1. The van der Waals surface area contributed by atoms with E-state index in [1.807, 2.05) is 0 Å². The summed E-state index contributed by atoms with van der Waals surface area (Å²) in [4.78, 5) is 0. The van der Waals surface area contributed by atoms with E-state index >= 15 is 0 Å². The quantitative estimate of drug-likeness (QED) is 0.277. The summed E-state index contributed by atoms with van der Waals surface area (Å²) in [6.45, 7) is 0. The molecule has 0 aromatic heterocycles. The van der Waals surface area contributed by atoms with E-state index in [1.54, 1.807) is 12.1 Å². The molecule has 5 heteroatoms. The maximum atomic E-state index is 8.00. The Bertz CT molecular complexity index is 160. The summed E-state index contributed by atoms with van der Waals surface area (Å²) in [6, 6.07) is 3.08. The van der Waals surface area contributed by atoms with Crippen molar-refractivity contribution in [1.29, 1.82) is 15.9 Å². The van der Waals surface area contributed by atoms with E-state index < -0.39 is 11.8 Å². The molecule has 1 radical (unpaired) electrons. The standard InChI is InChI=1S/C4H4N4.Na/c5-1-3(2-6)4(7)8;/h3H,(H3,7,8);. The summed E-state index contributed by atoms with van der Waals surface area (Å²) in [5.41, 5.74) is 4.80. The van der Waals surface area contributed by atoms with Gasteiger partial charge in [-0.05, 0) is 0 Å². The van der Waals surface area contributed by atoms with Crippen LogP contribution >= 0.6 is 0 Å². The van der Waals surface area contributed by atoms with Crippen LogP contribution in [0.15, 0.2) is 0 Å². The molecular formula is C4H4N4Na. The van der Waals surface area contributed by atoms with Crippen LogP contribution in [0.5, 0.6) is 0 Å². The van der Waals surface area contributed by atoms with Gasteiger partial charge in [-0.1, -0.05) is 0 Å². The maximum absolute atomic E-state index is 8.00. The van der Waals surface area contributed by atoms with E-state index in [0.29, 0.717) is 0 Å². The van der Waals surface area contributed by atoms with E-state index in [0.717, 1.165) is 0 Å². The van der Waals surface area contributed by atoms with Gasteiger partial charge in [0.1, 0.15) is 5.84 Å². The second-order valence-corrected chi connectivity index (χ2v) is 1.15.